The minimum atomic E-state index is -0.210. The highest BCUT2D eigenvalue weighted by Crippen LogP contribution is 2.26. The first-order chi connectivity index (χ1) is 13.5. The molecule has 6 nitrogen and oxygen atoms in total. The van der Waals surface area contributed by atoms with Crippen molar-refractivity contribution in [3.05, 3.63) is 77.6 Å². The third-order valence-corrected chi connectivity index (χ3v) is 4.11. The lowest BCUT2D eigenvalue weighted by Crippen LogP contribution is -2.23. The molecule has 6 heteroatoms. The molecular formula is C22H24N4O2. The van der Waals surface area contributed by atoms with Gasteiger partial charge in [-0.3, -0.25) is 4.79 Å². The Morgan fingerprint density at radius 2 is 1.71 bits per heavy atom. The Morgan fingerprint density at radius 1 is 1.04 bits per heavy atom. The number of para-hydroxylation sites is 2. The molecule has 0 spiro atoms. The van der Waals surface area contributed by atoms with Crippen LogP contribution in [0.3, 0.4) is 0 Å². The molecule has 0 unspecified atom stereocenters. The molecule has 2 aromatic carbocycles. The van der Waals surface area contributed by atoms with Crippen molar-refractivity contribution in [2.45, 2.75) is 33.4 Å². The number of aromatic nitrogens is 2. The van der Waals surface area contributed by atoms with Crippen molar-refractivity contribution in [2.24, 2.45) is 0 Å². The normalized spacial score (nSPS) is 10.6. The van der Waals surface area contributed by atoms with Gasteiger partial charge in [0.15, 0.2) is 0 Å². The van der Waals surface area contributed by atoms with E-state index in [9.17, 15) is 4.79 Å². The third-order valence-electron chi connectivity index (χ3n) is 4.11. The van der Waals surface area contributed by atoms with Crippen LogP contribution in [0, 0.1) is 6.92 Å². The molecule has 2 N–H and O–H groups in total. The van der Waals surface area contributed by atoms with E-state index in [1.807, 2.05) is 69.3 Å². The quantitative estimate of drug-likeness (QED) is 0.645. The predicted octanol–water partition coefficient (Wildman–Crippen LogP) is 4.25. The molecule has 0 bridgehead atoms. The highest BCUT2D eigenvalue weighted by atomic mass is 16.5. The molecule has 0 aliphatic carbocycles. The Labute approximate surface area is 165 Å². The van der Waals surface area contributed by atoms with Crippen LogP contribution in [0.4, 0.5) is 11.6 Å². The van der Waals surface area contributed by atoms with Crippen LogP contribution >= 0.6 is 0 Å². The Hall–Kier alpha value is -3.41. The minimum absolute atomic E-state index is 0.0585. The Balaban J connectivity index is 1.64. The number of aryl methyl sites for hydroxylation is 1. The average molecular weight is 376 g/mol. The first-order valence-electron chi connectivity index (χ1n) is 9.20. The molecule has 0 saturated heterocycles. The zero-order valence-electron chi connectivity index (χ0n) is 16.3. The van der Waals surface area contributed by atoms with E-state index in [2.05, 4.69) is 20.6 Å². The number of carbonyl (C=O) groups is 1. The molecule has 0 radical (unpaired) electrons. The fourth-order valence-electron chi connectivity index (χ4n) is 2.64. The van der Waals surface area contributed by atoms with Gasteiger partial charge in [-0.2, -0.15) is 0 Å². The van der Waals surface area contributed by atoms with Gasteiger partial charge in [-0.1, -0.05) is 36.4 Å². The highest BCUT2D eigenvalue weighted by molar-refractivity contribution is 5.93. The summed E-state index contributed by atoms with van der Waals surface area (Å²) >= 11 is 0. The molecule has 0 aliphatic rings. The van der Waals surface area contributed by atoms with Crippen LogP contribution < -0.4 is 15.4 Å². The van der Waals surface area contributed by atoms with Crippen LogP contribution in [0.5, 0.6) is 5.75 Å². The van der Waals surface area contributed by atoms with E-state index in [1.165, 1.54) is 12.4 Å². The van der Waals surface area contributed by atoms with E-state index in [4.69, 9.17) is 4.74 Å². The lowest BCUT2D eigenvalue weighted by Gasteiger charge is -2.14. The van der Waals surface area contributed by atoms with Crippen molar-refractivity contribution in [3.63, 3.8) is 0 Å². The van der Waals surface area contributed by atoms with Gasteiger partial charge in [-0.15, -0.1) is 0 Å². The highest BCUT2D eigenvalue weighted by Gasteiger charge is 2.10. The molecule has 28 heavy (non-hydrogen) atoms. The number of nitrogens with zero attached hydrogens (tertiary/aromatic N) is 2. The number of nitrogens with one attached hydrogen (secondary N) is 2. The maximum Gasteiger partial charge on any atom is 0.254 e. The topological polar surface area (TPSA) is 76.1 Å². The van der Waals surface area contributed by atoms with E-state index < -0.39 is 0 Å². The summed E-state index contributed by atoms with van der Waals surface area (Å²) in [6, 6.07) is 15.5. The molecule has 0 atom stereocenters. The second-order valence-corrected chi connectivity index (χ2v) is 6.69. The molecule has 0 aliphatic heterocycles. The summed E-state index contributed by atoms with van der Waals surface area (Å²) < 4.78 is 5.78. The molecule has 1 amide bonds. The standard InChI is InChI=1S/C22H24N4O2/c1-15(2)28-20-11-7-6-10-19(20)26-22-24-13-18(14-25-22)21(27)23-12-17-9-5-4-8-16(17)3/h4-11,13-15H,12H2,1-3H3,(H,23,27)(H,24,25,26). The van der Waals surface area contributed by atoms with E-state index in [0.29, 0.717) is 18.1 Å². The Kier molecular flexibility index (Phi) is 6.22. The van der Waals surface area contributed by atoms with Gasteiger partial charge >= 0.3 is 0 Å². The summed E-state index contributed by atoms with van der Waals surface area (Å²) in [6.07, 6.45) is 3.08. The molecule has 1 aromatic heterocycles. The van der Waals surface area contributed by atoms with E-state index in [0.717, 1.165) is 22.6 Å². The van der Waals surface area contributed by atoms with Crippen LogP contribution in [0.25, 0.3) is 0 Å². The molecule has 1 heterocycles. The molecule has 0 saturated carbocycles. The lowest BCUT2D eigenvalue weighted by atomic mass is 10.1. The maximum atomic E-state index is 12.3. The number of hydrogen-bond donors (Lipinski definition) is 2. The molecule has 0 fully saturated rings. The van der Waals surface area contributed by atoms with Gasteiger partial charge < -0.3 is 15.4 Å². The SMILES string of the molecule is Cc1ccccc1CNC(=O)c1cnc(Nc2ccccc2OC(C)C)nc1. The van der Waals surface area contributed by atoms with E-state index in [-0.39, 0.29) is 12.0 Å². The lowest BCUT2D eigenvalue weighted by molar-refractivity contribution is 0.0950. The smallest absolute Gasteiger partial charge is 0.254 e. The van der Waals surface area contributed by atoms with Crippen LogP contribution in [-0.4, -0.2) is 22.0 Å². The van der Waals surface area contributed by atoms with E-state index in [1.54, 1.807) is 0 Å². The third kappa shape index (κ3) is 5.07. The first kappa shape index (κ1) is 19.4. The maximum absolute atomic E-state index is 12.3. The van der Waals surface area contributed by atoms with Gasteiger partial charge in [0.25, 0.3) is 5.91 Å². The van der Waals surface area contributed by atoms with Crippen molar-refractivity contribution < 1.29 is 9.53 Å². The molecule has 3 rings (SSSR count). The van der Waals surface area contributed by atoms with Crippen molar-refractivity contribution in [1.29, 1.82) is 0 Å². The average Bonchev–Trinajstić information content (AvgIpc) is 2.69. The van der Waals surface area contributed by atoms with Crippen LogP contribution in [0.2, 0.25) is 0 Å². The number of carbonyl (C=O) groups excluding carboxylic acids is 1. The summed E-state index contributed by atoms with van der Waals surface area (Å²) in [5, 5.41) is 6.03. The van der Waals surface area contributed by atoms with E-state index >= 15 is 0 Å². The van der Waals surface area contributed by atoms with Crippen molar-refractivity contribution >= 4 is 17.5 Å². The van der Waals surface area contributed by atoms with Crippen LogP contribution in [-0.2, 0) is 6.54 Å². The Bertz CT molecular complexity index is 939. The number of hydrogen-bond acceptors (Lipinski definition) is 5. The number of ether oxygens (including phenoxy) is 1. The van der Waals surface area contributed by atoms with Gasteiger partial charge in [-0.25, -0.2) is 9.97 Å². The van der Waals surface area contributed by atoms with Crippen molar-refractivity contribution in [1.82, 2.24) is 15.3 Å². The molecule has 3 aromatic rings. The fraction of sp³-hybridized carbons (Fsp3) is 0.227. The van der Waals surface area contributed by atoms with Crippen LogP contribution in [0.15, 0.2) is 60.9 Å². The molecule has 144 valence electrons. The largest absolute Gasteiger partial charge is 0.489 e. The predicted molar refractivity (Wildman–Crippen MR) is 110 cm³/mol. The second kappa shape index (κ2) is 8.99. The summed E-state index contributed by atoms with van der Waals surface area (Å²) in [4.78, 5) is 20.8. The zero-order chi connectivity index (χ0) is 19.9. The number of benzene rings is 2. The van der Waals surface area contributed by atoms with Gasteiger partial charge in [-0.05, 0) is 44.0 Å². The van der Waals surface area contributed by atoms with Gasteiger partial charge in [0.2, 0.25) is 5.95 Å². The van der Waals surface area contributed by atoms with Gasteiger partial charge in [0.05, 0.1) is 17.4 Å². The minimum Gasteiger partial charge on any atom is -0.489 e. The zero-order valence-corrected chi connectivity index (χ0v) is 16.3. The van der Waals surface area contributed by atoms with Gasteiger partial charge in [0, 0.05) is 18.9 Å². The summed E-state index contributed by atoms with van der Waals surface area (Å²) in [6.45, 7) is 6.42. The number of amides is 1. The molecular weight excluding hydrogens is 352 g/mol. The number of anilines is 2. The fourth-order valence-corrected chi connectivity index (χ4v) is 2.64. The van der Waals surface area contributed by atoms with Crippen molar-refractivity contribution in [3.8, 4) is 5.75 Å². The number of rotatable bonds is 7. The second-order valence-electron chi connectivity index (χ2n) is 6.69. The van der Waals surface area contributed by atoms with Crippen molar-refractivity contribution in [2.75, 3.05) is 5.32 Å². The Morgan fingerprint density at radius 3 is 2.43 bits per heavy atom. The van der Waals surface area contributed by atoms with Crippen LogP contribution in [0.1, 0.15) is 35.3 Å². The summed E-state index contributed by atoms with van der Waals surface area (Å²) in [5.74, 6) is 0.912. The monoisotopic (exact) mass is 376 g/mol. The first-order valence-corrected chi connectivity index (χ1v) is 9.20. The summed E-state index contributed by atoms with van der Waals surface area (Å²) in [7, 11) is 0. The van der Waals surface area contributed by atoms with Gasteiger partial charge in [0.1, 0.15) is 5.75 Å². The summed E-state index contributed by atoms with van der Waals surface area (Å²) in [5.41, 5.74) is 3.40.